The van der Waals surface area contributed by atoms with Gasteiger partial charge in [0.25, 0.3) is 0 Å². The fraction of sp³-hybridized carbons (Fsp3) is 0.583. The van der Waals surface area contributed by atoms with Gasteiger partial charge in [0.1, 0.15) is 5.82 Å². The summed E-state index contributed by atoms with van der Waals surface area (Å²) in [6.07, 6.45) is 1.73. The average Bonchev–Trinajstić information content (AvgIpc) is 2.27. The van der Waals surface area contributed by atoms with Crippen molar-refractivity contribution in [2.24, 2.45) is 0 Å². The minimum absolute atomic E-state index is 0.487. The predicted octanol–water partition coefficient (Wildman–Crippen LogP) is 2.05. The molecule has 0 aromatic carbocycles. The molecule has 0 aliphatic rings. The fourth-order valence-corrected chi connectivity index (χ4v) is 1.53. The Morgan fingerprint density at radius 2 is 2.25 bits per heavy atom. The van der Waals surface area contributed by atoms with Gasteiger partial charge < -0.3 is 15.2 Å². The number of pyridine rings is 1. The van der Waals surface area contributed by atoms with Crippen LogP contribution in [-0.2, 0) is 0 Å². The highest BCUT2D eigenvalue weighted by Gasteiger charge is 2.18. The highest BCUT2D eigenvalue weighted by atomic mass is 16.5. The van der Waals surface area contributed by atoms with Crippen LogP contribution in [0.25, 0.3) is 0 Å². The van der Waals surface area contributed by atoms with Crippen LogP contribution in [-0.4, -0.2) is 29.3 Å². The molecule has 4 nitrogen and oxygen atoms in total. The van der Waals surface area contributed by atoms with Gasteiger partial charge in [-0.1, -0.05) is 19.4 Å². The Hall–Kier alpha value is -1.29. The van der Waals surface area contributed by atoms with E-state index in [0.717, 1.165) is 18.7 Å². The molecule has 2 N–H and O–H groups in total. The first-order chi connectivity index (χ1) is 7.57. The van der Waals surface area contributed by atoms with Gasteiger partial charge in [-0.25, -0.2) is 0 Å². The molecule has 90 valence electrons. The second kappa shape index (κ2) is 5.70. The molecule has 0 saturated heterocycles. The molecular weight excluding hydrogens is 204 g/mol. The van der Waals surface area contributed by atoms with Crippen LogP contribution in [0, 0.1) is 0 Å². The lowest BCUT2D eigenvalue weighted by atomic mass is 10.0. The number of nitrogens with zero attached hydrogens (tertiary/aromatic N) is 1. The van der Waals surface area contributed by atoms with E-state index in [1.54, 1.807) is 13.2 Å². The first kappa shape index (κ1) is 12.8. The Bertz CT molecular complexity index is 327. The summed E-state index contributed by atoms with van der Waals surface area (Å²) in [5.41, 5.74) is -0.695. The number of anilines is 1. The Balaban J connectivity index is 2.53. The van der Waals surface area contributed by atoms with Crippen LogP contribution < -0.4 is 10.1 Å². The lowest BCUT2D eigenvalue weighted by molar-refractivity contribution is 0.0636. The van der Waals surface area contributed by atoms with Gasteiger partial charge in [-0.15, -0.1) is 0 Å². The third-order valence-electron chi connectivity index (χ3n) is 2.37. The van der Waals surface area contributed by atoms with Crippen LogP contribution in [0.2, 0.25) is 0 Å². The lowest BCUT2D eigenvalue weighted by Crippen LogP contribution is -2.33. The standard InChI is InChI=1S/C12H20N2O2/c1-4-8-12(2,15)9-13-10-6-5-7-11(14-10)16-3/h5-7,15H,4,8-9H2,1-3H3,(H,13,14). The quantitative estimate of drug-likeness (QED) is 0.776. The highest BCUT2D eigenvalue weighted by molar-refractivity contribution is 5.37. The average molecular weight is 224 g/mol. The Kier molecular flexibility index (Phi) is 4.55. The highest BCUT2D eigenvalue weighted by Crippen LogP contribution is 2.15. The largest absolute Gasteiger partial charge is 0.481 e. The Morgan fingerprint density at radius 1 is 1.50 bits per heavy atom. The first-order valence-corrected chi connectivity index (χ1v) is 5.54. The summed E-state index contributed by atoms with van der Waals surface area (Å²) in [4.78, 5) is 4.21. The van der Waals surface area contributed by atoms with E-state index in [1.807, 2.05) is 19.1 Å². The zero-order chi connectivity index (χ0) is 12.0. The molecule has 0 radical (unpaired) electrons. The van der Waals surface area contributed by atoms with E-state index in [2.05, 4.69) is 17.2 Å². The van der Waals surface area contributed by atoms with Crippen molar-refractivity contribution < 1.29 is 9.84 Å². The number of ether oxygens (including phenoxy) is 1. The van der Waals surface area contributed by atoms with E-state index in [1.165, 1.54) is 0 Å². The number of rotatable bonds is 6. The van der Waals surface area contributed by atoms with E-state index in [-0.39, 0.29) is 0 Å². The molecule has 1 atom stereocenters. The minimum atomic E-state index is -0.695. The van der Waals surface area contributed by atoms with Crippen molar-refractivity contribution in [3.63, 3.8) is 0 Å². The third-order valence-corrected chi connectivity index (χ3v) is 2.37. The number of methoxy groups -OCH3 is 1. The molecule has 1 unspecified atom stereocenters. The van der Waals surface area contributed by atoms with Crippen molar-refractivity contribution in [1.29, 1.82) is 0 Å². The zero-order valence-electron chi connectivity index (χ0n) is 10.2. The van der Waals surface area contributed by atoms with E-state index in [0.29, 0.717) is 12.4 Å². The minimum Gasteiger partial charge on any atom is -0.481 e. The molecule has 1 aromatic rings. The molecule has 1 rings (SSSR count). The summed E-state index contributed by atoms with van der Waals surface area (Å²) >= 11 is 0. The van der Waals surface area contributed by atoms with Gasteiger partial charge in [-0.2, -0.15) is 4.98 Å². The second-order valence-electron chi connectivity index (χ2n) is 4.17. The molecule has 0 bridgehead atoms. The topological polar surface area (TPSA) is 54.4 Å². The van der Waals surface area contributed by atoms with Crippen molar-refractivity contribution in [2.75, 3.05) is 19.0 Å². The van der Waals surface area contributed by atoms with Gasteiger partial charge in [0.15, 0.2) is 0 Å². The second-order valence-corrected chi connectivity index (χ2v) is 4.17. The monoisotopic (exact) mass is 224 g/mol. The number of nitrogens with one attached hydrogen (secondary N) is 1. The molecule has 0 spiro atoms. The lowest BCUT2D eigenvalue weighted by Gasteiger charge is -2.23. The summed E-state index contributed by atoms with van der Waals surface area (Å²) in [5, 5.41) is 13.1. The first-order valence-electron chi connectivity index (χ1n) is 5.54. The van der Waals surface area contributed by atoms with E-state index >= 15 is 0 Å². The smallest absolute Gasteiger partial charge is 0.214 e. The summed E-state index contributed by atoms with van der Waals surface area (Å²) in [7, 11) is 1.58. The van der Waals surface area contributed by atoms with Crippen LogP contribution in [0.15, 0.2) is 18.2 Å². The number of hydrogen-bond acceptors (Lipinski definition) is 4. The molecule has 0 aliphatic heterocycles. The van der Waals surface area contributed by atoms with Crippen molar-refractivity contribution in [1.82, 2.24) is 4.98 Å². The molecule has 0 saturated carbocycles. The molecule has 1 heterocycles. The molecule has 0 aliphatic carbocycles. The summed E-state index contributed by atoms with van der Waals surface area (Å²) in [5.74, 6) is 1.29. The van der Waals surface area contributed by atoms with Gasteiger partial charge in [-0.3, -0.25) is 0 Å². The van der Waals surface area contributed by atoms with Crippen LogP contribution >= 0.6 is 0 Å². The van der Waals surface area contributed by atoms with Gasteiger partial charge in [0.2, 0.25) is 5.88 Å². The van der Waals surface area contributed by atoms with Gasteiger partial charge in [0.05, 0.1) is 12.7 Å². The van der Waals surface area contributed by atoms with Crippen LogP contribution in [0.3, 0.4) is 0 Å². The van der Waals surface area contributed by atoms with Gasteiger partial charge >= 0.3 is 0 Å². The van der Waals surface area contributed by atoms with Crippen molar-refractivity contribution >= 4 is 5.82 Å². The van der Waals surface area contributed by atoms with Crippen molar-refractivity contribution in [3.05, 3.63) is 18.2 Å². The van der Waals surface area contributed by atoms with Crippen LogP contribution in [0.4, 0.5) is 5.82 Å². The molecule has 16 heavy (non-hydrogen) atoms. The summed E-state index contributed by atoms with van der Waals surface area (Å²) < 4.78 is 5.02. The normalized spacial score (nSPS) is 14.2. The van der Waals surface area contributed by atoms with Gasteiger partial charge in [0, 0.05) is 12.6 Å². The van der Waals surface area contributed by atoms with Crippen molar-refractivity contribution in [2.45, 2.75) is 32.3 Å². The fourth-order valence-electron chi connectivity index (χ4n) is 1.53. The van der Waals surface area contributed by atoms with Crippen molar-refractivity contribution in [3.8, 4) is 5.88 Å². The Labute approximate surface area is 96.7 Å². The van der Waals surface area contributed by atoms with Gasteiger partial charge in [-0.05, 0) is 19.4 Å². The molecule has 0 amide bonds. The zero-order valence-corrected chi connectivity index (χ0v) is 10.2. The summed E-state index contributed by atoms with van der Waals surface area (Å²) in [6.45, 7) is 4.36. The van der Waals surface area contributed by atoms with E-state index < -0.39 is 5.60 Å². The number of hydrogen-bond donors (Lipinski definition) is 2. The number of aliphatic hydroxyl groups is 1. The third kappa shape index (κ3) is 4.06. The van der Waals surface area contributed by atoms with Crippen LogP contribution in [0.5, 0.6) is 5.88 Å². The molecule has 4 heteroatoms. The predicted molar refractivity (Wildman–Crippen MR) is 64.8 cm³/mol. The molecule has 1 aromatic heterocycles. The molecule has 0 fully saturated rings. The van der Waals surface area contributed by atoms with E-state index in [4.69, 9.17) is 4.74 Å². The van der Waals surface area contributed by atoms with Crippen LogP contribution in [0.1, 0.15) is 26.7 Å². The number of aromatic nitrogens is 1. The maximum Gasteiger partial charge on any atom is 0.214 e. The maximum absolute atomic E-state index is 9.98. The maximum atomic E-state index is 9.98. The summed E-state index contributed by atoms with van der Waals surface area (Å²) in [6, 6.07) is 5.50. The molecular formula is C12H20N2O2. The van der Waals surface area contributed by atoms with E-state index in [9.17, 15) is 5.11 Å². The SMILES string of the molecule is CCCC(C)(O)CNc1cccc(OC)n1. The Morgan fingerprint density at radius 3 is 2.88 bits per heavy atom.